The van der Waals surface area contributed by atoms with E-state index in [-0.39, 0.29) is 36.9 Å². The second-order valence-electron chi connectivity index (χ2n) is 8.49. The molecule has 1 aliphatic carbocycles. The van der Waals surface area contributed by atoms with Crippen molar-refractivity contribution in [2.75, 3.05) is 32.6 Å². The summed E-state index contributed by atoms with van der Waals surface area (Å²) >= 11 is 0. The fourth-order valence-electron chi connectivity index (χ4n) is 4.21. The number of anilines is 1. The maximum Gasteiger partial charge on any atom is 0.254 e. The topological polar surface area (TPSA) is 97.0 Å². The number of nitrogens with zero attached hydrogens (tertiary/aromatic N) is 1. The van der Waals surface area contributed by atoms with Crippen LogP contribution in [0.5, 0.6) is 11.5 Å². The molecule has 0 bridgehead atoms. The summed E-state index contributed by atoms with van der Waals surface area (Å²) in [5, 5.41) is 5.41. The molecule has 0 aliphatic heterocycles. The average Bonchev–Trinajstić information content (AvgIpc) is 2.85. The lowest BCUT2D eigenvalue weighted by Crippen LogP contribution is -2.48. The van der Waals surface area contributed by atoms with Gasteiger partial charge in [0.1, 0.15) is 6.54 Å². The van der Waals surface area contributed by atoms with Gasteiger partial charge < -0.3 is 25.0 Å². The van der Waals surface area contributed by atoms with Gasteiger partial charge in [0.2, 0.25) is 11.8 Å². The van der Waals surface area contributed by atoms with Crippen LogP contribution in [0, 0.1) is 6.92 Å². The second kappa shape index (κ2) is 12.1. The highest BCUT2D eigenvalue weighted by Crippen LogP contribution is 2.29. The fraction of sp³-hybridized carbons (Fsp3) is 0.423. The molecule has 1 aliphatic rings. The van der Waals surface area contributed by atoms with E-state index in [0.29, 0.717) is 22.7 Å². The molecule has 0 unspecified atom stereocenters. The van der Waals surface area contributed by atoms with Crippen LogP contribution in [0.2, 0.25) is 0 Å². The van der Waals surface area contributed by atoms with Crippen molar-refractivity contribution < 1.29 is 23.9 Å². The Hall–Kier alpha value is -3.55. The summed E-state index contributed by atoms with van der Waals surface area (Å²) < 4.78 is 10.6. The van der Waals surface area contributed by atoms with Crippen LogP contribution in [0.4, 0.5) is 5.69 Å². The Bertz CT molecular complexity index is 1020. The number of hydrogen-bond donors (Lipinski definition) is 2. The zero-order valence-electron chi connectivity index (χ0n) is 20.1. The number of aryl methyl sites for hydroxylation is 1. The molecular formula is C26H33N3O5. The van der Waals surface area contributed by atoms with Crippen LogP contribution >= 0.6 is 0 Å². The van der Waals surface area contributed by atoms with Crippen molar-refractivity contribution in [1.29, 1.82) is 0 Å². The van der Waals surface area contributed by atoms with Gasteiger partial charge in [0, 0.05) is 17.3 Å². The normalized spacial score (nSPS) is 13.6. The number of methoxy groups -OCH3 is 2. The first kappa shape index (κ1) is 25.1. The fourth-order valence-corrected chi connectivity index (χ4v) is 4.21. The molecule has 2 N–H and O–H groups in total. The van der Waals surface area contributed by atoms with E-state index in [9.17, 15) is 14.4 Å². The lowest BCUT2D eigenvalue weighted by molar-refractivity contribution is -0.125. The summed E-state index contributed by atoms with van der Waals surface area (Å²) in [5.41, 5.74) is 2.12. The van der Waals surface area contributed by atoms with E-state index in [1.165, 1.54) is 14.2 Å². The van der Waals surface area contributed by atoms with Gasteiger partial charge in [-0.3, -0.25) is 14.4 Å². The van der Waals surface area contributed by atoms with E-state index in [4.69, 9.17) is 9.47 Å². The molecule has 1 saturated carbocycles. The molecule has 0 spiro atoms. The SMILES string of the molecule is COc1ccc(C(=O)N(CC(=O)NCC(=O)Nc2cccc(C)c2)C2CCCCC2)cc1OC. The Morgan fingerprint density at radius 3 is 2.35 bits per heavy atom. The van der Waals surface area contributed by atoms with E-state index >= 15 is 0 Å². The third kappa shape index (κ3) is 6.73. The molecule has 3 amide bonds. The summed E-state index contributed by atoms with van der Waals surface area (Å²) in [4.78, 5) is 40.1. The van der Waals surface area contributed by atoms with Gasteiger partial charge in [0.25, 0.3) is 5.91 Å². The van der Waals surface area contributed by atoms with Gasteiger partial charge in [0.15, 0.2) is 11.5 Å². The van der Waals surface area contributed by atoms with E-state index in [0.717, 1.165) is 37.7 Å². The predicted molar refractivity (Wildman–Crippen MR) is 130 cm³/mol. The van der Waals surface area contributed by atoms with Crippen molar-refractivity contribution >= 4 is 23.4 Å². The van der Waals surface area contributed by atoms with Gasteiger partial charge in [-0.05, 0) is 55.7 Å². The van der Waals surface area contributed by atoms with Crippen LogP contribution in [0.15, 0.2) is 42.5 Å². The van der Waals surface area contributed by atoms with Crippen LogP contribution in [-0.2, 0) is 9.59 Å². The molecule has 0 aromatic heterocycles. The lowest BCUT2D eigenvalue weighted by Gasteiger charge is -2.34. The van der Waals surface area contributed by atoms with E-state index in [2.05, 4.69) is 10.6 Å². The molecule has 182 valence electrons. The molecule has 2 aromatic rings. The molecule has 0 saturated heterocycles. The minimum Gasteiger partial charge on any atom is -0.493 e. The molecule has 2 aromatic carbocycles. The summed E-state index contributed by atoms with van der Waals surface area (Å²) in [5.74, 6) is 0.0373. The molecule has 8 nitrogen and oxygen atoms in total. The summed E-state index contributed by atoms with van der Waals surface area (Å²) in [7, 11) is 3.05. The van der Waals surface area contributed by atoms with Crippen LogP contribution in [0.3, 0.4) is 0 Å². The van der Waals surface area contributed by atoms with Gasteiger partial charge in [0.05, 0.1) is 20.8 Å². The molecule has 1 fully saturated rings. The van der Waals surface area contributed by atoms with Crippen LogP contribution in [0.1, 0.15) is 48.0 Å². The standard InChI is InChI=1S/C26H33N3O5/c1-18-8-7-9-20(14-18)28-24(30)16-27-25(31)17-29(21-10-5-4-6-11-21)26(32)19-12-13-22(33-2)23(15-19)34-3/h7-9,12-15,21H,4-6,10-11,16-17H2,1-3H3,(H,27,31)(H,28,30). The third-order valence-corrected chi connectivity index (χ3v) is 5.97. The highest BCUT2D eigenvalue weighted by atomic mass is 16.5. The Labute approximate surface area is 200 Å². The third-order valence-electron chi connectivity index (χ3n) is 5.97. The van der Waals surface area contributed by atoms with Crippen LogP contribution < -0.4 is 20.1 Å². The van der Waals surface area contributed by atoms with Gasteiger partial charge in [-0.25, -0.2) is 0 Å². The maximum atomic E-state index is 13.4. The predicted octanol–water partition coefficient (Wildman–Crippen LogP) is 3.54. The summed E-state index contributed by atoms with van der Waals surface area (Å²) in [6, 6.07) is 12.4. The lowest BCUT2D eigenvalue weighted by atomic mass is 9.93. The first-order valence-corrected chi connectivity index (χ1v) is 11.6. The van der Waals surface area contributed by atoms with Crippen molar-refractivity contribution in [3.05, 3.63) is 53.6 Å². The first-order valence-electron chi connectivity index (χ1n) is 11.6. The molecule has 8 heteroatoms. The summed E-state index contributed by atoms with van der Waals surface area (Å²) in [6.07, 6.45) is 4.85. The number of amides is 3. The van der Waals surface area contributed by atoms with Crippen LogP contribution in [0.25, 0.3) is 0 Å². The minimum atomic E-state index is -0.376. The molecular weight excluding hydrogens is 434 g/mol. The number of ether oxygens (including phenoxy) is 2. The first-order chi connectivity index (χ1) is 16.4. The zero-order valence-corrected chi connectivity index (χ0v) is 20.1. The Kier molecular flexibility index (Phi) is 8.90. The number of carbonyl (C=O) groups is 3. The highest BCUT2D eigenvalue weighted by molar-refractivity contribution is 5.98. The average molecular weight is 468 g/mol. The molecule has 3 rings (SSSR count). The number of carbonyl (C=O) groups excluding carboxylic acids is 3. The number of hydrogen-bond acceptors (Lipinski definition) is 5. The maximum absolute atomic E-state index is 13.4. The zero-order chi connectivity index (χ0) is 24.5. The number of benzene rings is 2. The van der Waals surface area contributed by atoms with Crippen molar-refractivity contribution in [3.8, 4) is 11.5 Å². The van der Waals surface area contributed by atoms with Crippen LogP contribution in [-0.4, -0.2) is 56.0 Å². The van der Waals surface area contributed by atoms with E-state index < -0.39 is 0 Å². The Morgan fingerprint density at radius 2 is 1.68 bits per heavy atom. The summed E-state index contributed by atoms with van der Waals surface area (Å²) in [6.45, 7) is 1.65. The van der Waals surface area contributed by atoms with E-state index in [1.54, 1.807) is 29.2 Å². The molecule has 0 heterocycles. The van der Waals surface area contributed by atoms with Crippen molar-refractivity contribution in [2.45, 2.75) is 45.1 Å². The Morgan fingerprint density at radius 1 is 0.941 bits per heavy atom. The Balaban J connectivity index is 1.66. The van der Waals surface area contributed by atoms with Gasteiger partial charge in [-0.1, -0.05) is 31.4 Å². The smallest absolute Gasteiger partial charge is 0.254 e. The van der Waals surface area contributed by atoms with Crippen molar-refractivity contribution in [3.63, 3.8) is 0 Å². The molecule has 0 atom stereocenters. The highest BCUT2D eigenvalue weighted by Gasteiger charge is 2.28. The number of rotatable bonds is 9. The van der Waals surface area contributed by atoms with Crippen molar-refractivity contribution in [2.24, 2.45) is 0 Å². The molecule has 0 radical (unpaired) electrons. The quantitative estimate of drug-likeness (QED) is 0.588. The van der Waals surface area contributed by atoms with Gasteiger partial charge >= 0.3 is 0 Å². The van der Waals surface area contributed by atoms with Gasteiger partial charge in [-0.2, -0.15) is 0 Å². The number of nitrogens with one attached hydrogen (secondary N) is 2. The minimum absolute atomic E-state index is 0.0267. The van der Waals surface area contributed by atoms with E-state index in [1.807, 2.05) is 25.1 Å². The van der Waals surface area contributed by atoms with Crippen molar-refractivity contribution in [1.82, 2.24) is 10.2 Å². The second-order valence-corrected chi connectivity index (χ2v) is 8.49. The molecule has 34 heavy (non-hydrogen) atoms. The largest absolute Gasteiger partial charge is 0.493 e. The van der Waals surface area contributed by atoms with Gasteiger partial charge in [-0.15, -0.1) is 0 Å². The monoisotopic (exact) mass is 467 g/mol.